The van der Waals surface area contributed by atoms with Crippen LogP contribution >= 0.6 is 11.3 Å². The molecule has 1 N–H and O–H groups in total. The summed E-state index contributed by atoms with van der Waals surface area (Å²) in [6.45, 7) is 2.09. The highest BCUT2D eigenvalue weighted by Gasteiger charge is 2.29. The lowest BCUT2D eigenvalue weighted by Crippen LogP contribution is -2.16. The lowest BCUT2D eigenvalue weighted by atomic mass is 10.0. The molecule has 0 unspecified atom stereocenters. The number of anilines is 1. The van der Waals surface area contributed by atoms with Gasteiger partial charge in [-0.25, -0.2) is 9.78 Å². The van der Waals surface area contributed by atoms with E-state index >= 15 is 0 Å². The minimum absolute atomic E-state index is 0.258. The van der Waals surface area contributed by atoms with Crippen LogP contribution in [0.5, 0.6) is 0 Å². The number of rotatable bonds is 5. The van der Waals surface area contributed by atoms with Gasteiger partial charge in [-0.15, -0.1) is 11.3 Å². The van der Waals surface area contributed by atoms with Gasteiger partial charge >= 0.3 is 5.97 Å². The summed E-state index contributed by atoms with van der Waals surface area (Å²) >= 11 is 1.48. The fraction of sp³-hybridized carbons (Fsp3) is 0.192. The Hall–Kier alpha value is -3.51. The normalized spacial score (nSPS) is 12.5. The van der Waals surface area contributed by atoms with Crippen LogP contribution < -0.4 is 5.32 Å². The average molecular weight is 443 g/mol. The minimum Gasteiger partial charge on any atom is -0.462 e. The molecule has 0 spiro atoms. The van der Waals surface area contributed by atoms with Crippen LogP contribution in [0.25, 0.3) is 22.2 Å². The van der Waals surface area contributed by atoms with Gasteiger partial charge in [0.25, 0.3) is 5.91 Å². The van der Waals surface area contributed by atoms with Gasteiger partial charge in [0.15, 0.2) is 0 Å². The molecule has 0 atom stereocenters. The molecule has 5 nitrogen and oxygen atoms in total. The number of carbonyl (C=O) groups is 2. The highest BCUT2D eigenvalue weighted by molar-refractivity contribution is 7.17. The SMILES string of the molecule is CCOC(=O)c1c(NC(=O)c2cc(-c3ccccc3)nc3ccccc23)sc2c1CCC2. The molecule has 1 aliphatic rings. The van der Waals surface area contributed by atoms with E-state index in [9.17, 15) is 9.59 Å². The van der Waals surface area contributed by atoms with Gasteiger partial charge < -0.3 is 10.1 Å². The van der Waals surface area contributed by atoms with E-state index in [2.05, 4.69) is 5.32 Å². The Balaban J connectivity index is 1.57. The molecule has 2 heterocycles. The number of esters is 1. The van der Waals surface area contributed by atoms with E-state index in [0.29, 0.717) is 22.7 Å². The number of carbonyl (C=O) groups excluding carboxylic acids is 2. The fourth-order valence-electron chi connectivity index (χ4n) is 4.20. The van der Waals surface area contributed by atoms with Crippen molar-refractivity contribution in [3.05, 3.63) is 82.2 Å². The summed E-state index contributed by atoms with van der Waals surface area (Å²) in [7, 11) is 0. The summed E-state index contributed by atoms with van der Waals surface area (Å²) < 4.78 is 5.29. The monoisotopic (exact) mass is 442 g/mol. The minimum atomic E-state index is -0.369. The number of nitrogens with one attached hydrogen (secondary N) is 1. The summed E-state index contributed by atoms with van der Waals surface area (Å²) in [5.41, 5.74) is 4.48. The van der Waals surface area contributed by atoms with Gasteiger partial charge in [0.05, 0.1) is 28.9 Å². The van der Waals surface area contributed by atoms with Crippen LogP contribution in [0, 0.1) is 0 Å². The van der Waals surface area contributed by atoms with Crippen molar-refractivity contribution >= 4 is 39.1 Å². The third kappa shape index (κ3) is 3.67. The summed E-state index contributed by atoms with van der Waals surface area (Å²) in [6, 6.07) is 19.2. The molecule has 0 fully saturated rings. The van der Waals surface area contributed by atoms with Crippen molar-refractivity contribution in [1.82, 2.24) is 4.98 Å². The number of pyridine rings is 1. The van der Waals surface area contributed by atoms with Gasteiger partial charge in [-0.05, 0) is 43.9 Å². The molecule has 0 aliphatic heterocycles. The quantitative estimate of drug-likeness (QED) is 0.392. The standard InChI is InChI=1S/C26H22N2O3S/c1-2-31-26(30)23-18-12-8-14-22(18)32-25(23)28-24(29)19-15-21(16-9-4-3-5-10-16)27-20-13-7-6-11-17(19)20/h3-7,9-11,13,15H,2,8,12,14H2,1H3,(H,28,29). The summed E-state index contributed by atoms with van der Waals surface area (Å²) in [4.78, 5) is 32.1. The van der Waals surface area contributed by atoms with E-state index in [4.69, 9.17) is 9.72 Å². The van der Waals surface area contributed by atoms with Gasteiger partial charge in [0.2, 0.25) is 0 Å². The molecule has 32 heavy (non-hydrogen) atoms. The second kappa shape index (κ2) is 8.55. The maximum atomic E-state index is 13.5. The number of nitrogens with zero attached hydrogens (tertiary/aromatic N) is 1. The van der Waals surface area contributed by atoms with E-state index in [1.807, 2.05) is 60.7 Å². The van der Waals surface area contributed by atoms with Crippen molar-refractivity contribution < 1.29 is 14.3 Å². The van der Waals surface area contributed by atoms with Crippen molar-refractivity contribution in [3.63, 3.8) is 0 Å². The van der Waals surface area contributed by atoms with Crippen LogP contribution in [0.1, 0.15) is 44.5 Å². The van der Waals surface area contributed by atoms with Crippen LogP contribution in [0.15, 0.2) is 60.7 Å². The molecule has 0 saturated heterocycles. The largest absolute Gasteiger partial charge is 0.462 e. The lowest BCUT2D eigenvalue weighted by molar-refractivity contribution is 0.0527. The zero-order valence-corrected chi connectivity index (χ0v) is 18.5. The topological polar surface area (TPSA) is 68.3 Å². The highest BCUT2D eigenvalue weighted by atomic mass is 32.1. The molecule has 2 aromatic heterocycles. The molecular weight excluding hydrogens is 420 g/mol. The van der Waals surface area contributed by atoms with Gasteiger partial charge in [0, 0.05) is 15.8 Å². The van der Waals surface area contributed by atoms with Crippen molar-refractivity contribution in [3.8, 4) is 11.3 Å². The van der Waals surface area contributed by atoms with Gasteiger partial charge in [0.1, 0.15) is 5.00 Å². The Morgan fingerprint density at radius 3 is 2.66 bits per heavy atom. The maximum Gasteiger partial charge on any atom is 0.341 e. The first-order chi connectivity index (χ1) is 15.7. The van der Waals surface area contributed by atoms with Crippen LogP contribution in [0.4, 0.5) is 5.00 Å². The van der Waals surface area contributed by atoms with Crippen LogP contribution in [0.2, 0.25) is 0 Å². The Morgan fingerprint density at radius 2 is 1.84 bits per heavy atom. The van der Waals surface area contributed by atoms with Crippen molar-refractivity contribution in [2.75, 3.05) is 11.9 Å². The highest BCUT2D eigenvalue weighted by Crippen LogP contribution is 2.40. The van der Waals surface area contributed by atoms with Gasteiger partial charge in [-0.2, -0.15) is 0 Å². The molecule has 0 saturated carbocycles. The van der Waals surface area contributed by atoms with Gasteiger partial charge in [-0.1, -0.05) is 48.5 Å². The summed E-state index contributed by atoms with van der Waals surface area (Å²) in [5.74, 6) is -0.627. The lowest BCUT2D eigenvalue weighted by Gasteiger charge is -2.11. The first kappa shape index (κ1) is 20.4. The Labute approximate surface area is 190 Å². The van der Waals surface area contributed by atoms with E-state index in [0.717, 1.165) is 51.9 Å². The van der Waals surface area contributed by atoms with Crippen molar-refractivity contribution in [2.24, 2.45) is 0 Å². The predicted octanol–water partition coefficient (Wildman–Crippen LogP) is 5.88. The third-order valence-corrected chi connectivity index (χ3v) is 6.87. The van der Waals surface area contributed by atoms with Crippen molar-refractivity contribution in [1.29, 1.82) is 0 Å². The fourth-order valence-corrected chi connectivity index (χ4v) is 5.47. The number of benzene rings is 2. The number of fused-ring (bicyclic) bond motifs is 2. The number of amides is 1. The van der Waals surface area contributed by atoms with Crippen LogP contribution in [0.3, 0.4) is 0 Å². The Morgan fingerprint density at radius 1 is 1.06 bits per heavy atom. The first-order valence-electron chi connectivity index (χ1n) is 10.7. The molecule has 1 amide bonds. The van der Waals surface area contributed by atoms with E-state index < -0.39 is 0 Å². The van der Waals surface area contributed by atoms with Crippen LogP contribution in [-0.2, 0) is 17.6 Å². The number of para-hydroxylation sites is 1. The number of hydrogen-bond acceptors (Lipinski definition) is 5. The number of ether oxygens (including phenoxy) is 1. The zero-order chi connectivity index (χ0) is 22.1. The molecular formula is C26H22N2O3S. The van der Waals surface area contributed by atoms with E-state index in [1.165, 1.54) is 11.3 Å². The molecule has 5 rings (SSSR count). The second-order valence-corrected chi connectivity index (χ2v) is 8.78. The third-order valence-electron chi connectivity index (χ3n) is 5.66. The smallest absolute Gasteiger partial charge is 0.341 e. The summed E-state index contributed by atoms with van der Waals surface area (Å²) in [5, 5.41) is 4.36. The first-order valence-corrected chi connectivity index (χ1v) is 11.6. The van der Waals surface area contributed by atoms with E-state index in [-0.39, 0.29) is 11.9 Å². The number of thiophene rings is 1. The number of hydrogen-bond donors (Lipinski definition) is 1. The summed E-state index contributed by atoms with van der Waals surface area (Å²) in [6.07, 6.45) is 2.79. The Bertz CT molecular complexity index is 1330. The molecule has 1 aliphatic carbocycles. The molecule has 4 aromatic rings. The molecule has 2 aromatic carbocycles. The Kier molecular flexibility index (Phi) is 5.45. The predicted molar refractivity (Wildman–Crippen MR) is 127 cm³/mol. The van der Waals surface area contributed by atoms with Crippen molar-refractivity contribution in [2.45, 2.75) is 26.2 Å². The molecule has 0 bridgehead atoms. The molecule has 160 valence electrons. The molecule has 6 heteroatoms. The van der Waals surface area contributed by atoms with E-state index in [1.54, 1.807) is 6.92 Å². The second-order valence-electron chi connectivity index (χ2n) is 7.67. The van der Waals surface area contributed by atoms with Crippen LogP contribution in [-0.4, -0.2) is 23.5 Å². The number of aromatic nitrogens is 1. The average Bonchev–Trinajstić information content (AvgIpc) is 3.40. The zero-order valence-electron chi connectivity index (χ0n) is 17.7. The number of aryl methyl sites for hydroxylation is 1. The van der Waals surface area contributed by atoms with Gasteiger partial charge in [-0.3, -0.25) is 4.79 Å². The maximum absolute atomic E-state index is 13.5. The molecule has 0 radical (unpaired) electrons.